The number of ketones is 1. The van der Waals surface area contributed by atoms with Gasteiger partial charge in [0.1, 0.15) is 5.75 Å². The van der Waals surface area contributed by atoms with E-state index >= 15 is 0 Å². The normalized spacial score (nSPS) is 10.3. The zero-order chi connectivity index (χ0) is 26.1. The van der Waals surface area contributed by atoms with Gasteiger partial charge in [0.25, 0.3) is 5.91 Å². The lowest BCUT2D eigenvalue weighted by atomic mass is 9.94. The standard InChI is InChI=1S/C29H28N2O5/c1-4-35-23-14-12-22(13-15-23)31(17-7-16-30)27(32)19-36-29(34)25-9-6-5-8-24(25)28(33)26-18-20(2)10-11-21(26)3/h5-6,8-15,18H,4,7,17,19H2,1-3H3. The number of aryl methyl sites for hydroxylation is 2. The Morgan fingerprint density at radius 2 is 1.61 bits per heavy atom. The van der Waals surface area contributed by atoms with Gasteiger partial charge in [-0.15, -0.1) is 0 Å². The predicted octanol–water partition coefficient (Wildman–Crippen LogP) is 5.04. The predicted molar refractivity (Wildman–Crippen MR) is 136 cm³/mol. The number of esters is 1. The zero-order valence-corrected chi connectivity index (χ0v) is 20.6. The van der Waals surface area contributed by atoms with Gasteiger partial charge in [-0.05, 0) is 62.7 Å². The number of ether oxygens (including phenoxy) is 2. The second-order valence-corrected chi connectivity index (χ2v) is 8.15. The molecule has 0 aliphatic heterocycles. The van der Waals surface area contributed by atoms with Gasteiger partial charge >= 0.3 is 5.97 Å². The second-order valence-electron chi connectivity index (χ2n) is 8.15. The van der Waals surface area contributed by atoms with Gasteiger partial charge in [-0.25, -0.2) is 4.79 Å². The fourth-order valence-electron chi connectivity index (χ4n) is 3.72. The van der Waals surface area contributed by atoms with Crippen LogP contribution in [0, 0.1) is 25.2 Å². The lowest BCUT2D eigenvalue weighted by molar-refractivity contribution is -0.121. The number of anilines is 1. The number of nitriles is 1. The largest absolute Gasteiger partial charge is 0.494 e. The van der Waals surface area contributed by atoms with Crippen LogP contribution in [-0.4, -0.2) is 37.4 Å². The Labute approximate surface area is 210 Å². The van der Waals surface area contributed by atoms with Crippen molar-refractivity contribution in [3.05, 3.63) is 94.5 Å². The van der Waals surface area contributed by atoms with Gasteiger partial charge in [0.05, 0.1) is 24.7 Å². The highest BCUT2D eigenvalue weighted by Crippen LogP contribution is 2.22. The lowest BCUT2D eigenvalue weighted by Crippen LogP contribution is -2.35. The first-order valence-electron chi connectivity index (χ1n) is 11.6. The third-order valence-electron chi connectivity index (χ3n) is 5.56. The fourth-order valence-corrected chi connectivity index (χ4v) is 3.72. The van der Waals surface area contributed by atoms with Gasteiger partial charge in [-0.2, -0.15) is 5.26 Å². The SMILES string of the molecule is CCOc1ccc(N(CCC#N)C(=O)COC(=O)c2ccccc2C(=O)c2cc(C)ccc2C)cc1. The summed E-state index contributed by atoms with van der Waals surface area (Å²) in [5.41, 5.74) is 3.08. The first kappa shape index (κ1) is 26.2. The molecule has 36 heavy (non-hydrogen) atoms. The van der Waals surface area contributed by atoms with Crippen molar-refractivity contribution >= 4 is 23.3 Å². The molecule has 0 saturated carbocycles. The number of nitrogens with zero attached hydrogens (tertiary/aromatic N) is 2. The summed E-state index contributed by atoms with van der Waals surface area (Å²) in [5, 5.41) is 9.01. The Kier molecular flexibility index (Phi) is 8.95. The Hall–Kier alpha value is -4.44. The van der Waals surface area contributed by atoms with Crippen LogP contribution in [0.3, 0.4) is 0 Å². The molecular weight excluding hydrogens is 456 g/mol. The van der Waals surface area contributed by atoms with Gasteiger partial charge in [-0.3, -0.25) is 9.59 Å². The summed E-state index contributed by atoms with van der Waals surface area (Å²) in [7, 11) is 0. The van der Waals surface area contributed by atoms with Crippen molar-refractivity contribution < 1.29 is 23.9 Å². The van der Waals surface area contributed by atoms with Crippen molar-refractivity contribution in [2.45, 2.75) is 27.2 Å². The molecular formula is C29H28N2O5. The van der Waals surface area contributed by atoms with Crippen molar-refractivity contribution in [3.63, 3.8) is 0 Å². The molecule has 0 unspecified atom stereocenters. The molecule has 3 aromatic rings. The van der Waals surface area contributed by atoms with Crippen molar-refractivity contribution in [2.24, 2.45) is 0 Å². The van der Waals surface area contributed by atoms with E-state index in [4.69, 9.17) is 14.7 Å². The van der Waals surface area contributed by atoms with Crippen LogP contribution in [0.25, 0.3) is 0 Å². The molecule has 0 radical (unpaired) electrons. The maximum atomic E-state index is 13.2. The Morgan fingerprint density at radius 3 is 2.28 bits per heavy atom. The molecule has 0 N–H and O–H groups in total. The number of benzene rings is 3. The molecule has 0 atom stereocenters. The van der Waals surface area contributed by atoms with Crippen molar-refractivity contribution in [1.29, 1.82) is 5.26 Å². The van der Waals surface area contributed by atoms with Gasteiger partial charge in [-0.1, -0.05) is 35.9 Å². The van der Waals surface area contributed by atoms with Gasteiger partial charge in [0, 0.05) is 23.4 Å². The summed E-state index contributed by atoms with van der Waals surface area (Å²) >= 11 is 0. The summed E-state index contributed by atoms with van der Waals surface area (Å²) in [6, 6.07) is 20.9. The van der Waals surface area contributed by atoms with E-state index < -0.39 is 18.5 Å². The van der Waals surface area contributed by atoms with Crippen LogP contribution in [-0.2, 0) is 9.53 Å². The smallest absolute Gasteiger partial charge is 0.339 e. The molecule has 0 saturated heterocycles. The van der Waals surface area contributed by atoms with Crippen LogP contribution in [0.4, 0.5) is 5.69 Å². The molecule has 3 aromatic carbocycles. The molecule has 7 heteroatoms. The molecule has 0 spiro atoms. The molecule has 1 amide bonds. The van der Waals surface area contributed by atoms with E-state index in [1.54, 1.807) is 48.5 Å². The molecule has 0 aromatic heterocycles. The maximum Gasteiger partial charge on any atom is 0.339 e. The number of hydrogen-bond donors (Lipinski definition) is 0. The van der Waals surface area contributed by atoms with E-state index in [0.717, 1.165) is 11.1 Å². The maximum absolute atomic E-state index is 13.2. The molecule has 3 rings (SSSR count). The number of hydrogen-bond acceptors (Lipinski definition) is 6. The number of carbonyl (C=O) groups excluding carboxylic acids is 3. The molecule has 0 bridgehead atoms. The van der Waals surface area contributed by atoms with E-state index in [9.17, 15) is 14.4 Å². The first-order valence-corrected chi connectivity index (χ1v) is 11.6. The van der Waals surface area contributed by atoms with Gasteiger partial charge in [0.15, 0.2) is 12.4 Å². The number of carbonyl (C=O) groups is 3. The van der Waals surface area contributed by atoms with E-state index in [0.29, 0.717) is 23.6 Å². The first-order chi connectivity index (χ1) is 17.3. The van der Waals surface area contributed by atoms with Crippen LogP contribution >= 0.6 is 0 Å². The molecule has 0 heterocycles. The molecule has 0 aliphatic carbocycles. The molecule has 7 nitrogen and oxygen atoms in total. The highest BCUT2D eigenvalue weighted by Gasteiger charge is 2.23. The summed E-state index contributed by atoms with van der Waals surface area (Å²) in [4.78, 5) is 40.5. The lowest BCUT2D eigenvalue weighted by Gasteiger charge is -2.22. The van der Waals surface area contributed by atoms with Crippen LogP contribution in [0.1, 0.15) is 50.8 Å². The van der Waals surface area contributed by atoms with Crippen molar-refractivity contribution in [3.8, 4) is 11.8 Å². The van der Waals surface area contributed by atoms with Gasteiger partial charge < -0.3 is 14.4 Å². The Balaban J connectivity index is 1.77. The number of amides is 1. The highest BCUT2D eigenvalue weighted by atomic mass is 16.5. The van der Waals surface area contributed by atoms with E-state index in [1.165, 1.54) is 11.0 Å². The zero-order valence-electron chi connectivity index (χ0n) is 20.6. The van der Waals surface area contributed by atoms with Crippen LogP contribution < -0.4 is 9.64 Å². The minimum absolute atomic E-state index is 0.0841. The fraction of sp³-hybridized carbons (Fsp3) is 0.241. The molecule has 0 aliphatic rings. The Morgan fingerprint density at radius 1 is 0.917 bits per heavy atom. The third kappa shape index (κ3) is 6.36. The van der Waals surface area contributed by atoms with E-state index in [1.807, 2.05) is 39.0 Å². The highest BCUT2D eigenvalue weighted by molar-refractivity contribution is 6.15. The van der Waals surface area contributed by atoms with Crippen LogP contribution in [0.5, 0.6) is 5.75 Å². The average Bonchev–Trinajstić information content (AvgIpc) is 2.89. The summed E-state index contributed by atoms with van der Waals surface area (Å²) in [5.74, 6) is -0.892. The van der Waals surface area contributed by atoms with Crippen LogP contribution in [0.15, 0.2) is 66.7 Å². The topological polar surface area (TPSA) is 96.7 Å². The number of rotatable bonds is 10. The summed E-state index contributed by atoms with van der Waals surface area (Å²) in [6.45, 7) is 5.72. The second kappa shape index (κ2) is 12.3. The molecule has 184 valence electrons. The van der Waals surface area contributed by atoms with E-state index in [-0.39, 0.29) is 29.9 Å². The third-order valence-corrected chi connectivity index (χ3v) is 5.56. The van der Waals surface area contributed by atoms with Crippen molar-refractivity contribution in [1.82, 2.24) is 0 Å². The van der Waals surface area contributed by atoms with Crippen LogP contribution in [0.2, 0.25) is 0 Å². The summed E-state index contributed by atoms with van der Waals surface area (Å²) < 4.78 is 10.8. The summed E-state index contributed by atoms with van der Waals surface area (Å²) in [6.07, 6.45) is 0.111. The molecule has 0 fully saturated rings. The Bertz CT molecular complexity index is 1290. The van der Waals surface area contributed by atoms with E-state index in [2.05, 4.69) is 0 Å². The minimum Gasteiger partial charge on any atom is -0.494 e. The van der Waals surface area contributed by atoms with Crippen molar-refractivity contribution in [2.75, 3.05) is 24.7 Å². The average molecular weight is 485 g/mol. The quantitative estimate of drug-likeness (QED) is 0.296. The monoisotopic (exact) mass is 484 g/mol. The minimum atomic E-state index is -0.774. The van der Waals surface area contributed by atoms with Gasteiger partial charge in [0.2, 0.25) is 0 Å².